The van der Waals surface area contributed by atoms with Gasteiger partial charge in [0.05, 0.1) is 12.3 Å². The van der Waals surface area contributed by atoms with Crippen LogP contribution >= 0.6 is 0 Å². The van der Waals surface area contributed by atoms with E-state index in [-0.39, 0.29) is 23.9 Å². The fourth-order valence-electron chi connectivity index (χ4n) is 6.46. The number of aryl methyl sites for hydroxylation is 1. The Morgan fingerprint density at radius 1 is 0.896 bits per heavy atom. The summed E-state index contributed by atoms with van der Waals surface area (Å²) in [5.74, 6) is 0.174. The number of aliphatic hydroxyl groups is 1. The summed E-state index contributed by atoms with van der Waals surface area (Å²) in [5.41, 5.74) is 7.54. The third-order valence-electron chi connectivity index (χ3n) is 9.37. The van der Waals surface area contributed by atoms with E-state index in [0.29, 0.717) is 36.6 Å². The maximum atomic E-state index is 13.1. The number of piperidine rings is 1. The Hall–Kier alpha value is -4.93. The van der Waals surface area contributed by atoms with Gasteiger partial charge in [0.1, 0.15) is 0 Å². The molecule has 2 saturated heterocycles. The minimum atomic E-state index is -0.257. The molecule has 0 saturated carbocycles. The summed E-state index contributed by atoms with van der Waals surface area (Å²) in [4.78, 5) is 37.4. The number of benzene rings is 3. The number of rotatable bonds is 10. The standard InChI is InChI=1S/C38H45N7O3/c1-27-33(8-7-9-34(27)39-28(2)29-12-16-32(17-13-29)44-18-5-4-6-19-44)35-26-42(3)38(48)36(41-35)40-31-14-10-30(11-15-31)37(47)45-22-20-43(21-23-45)24-25-46/h7-17,26,39,46H,2,4-6,18-25H2,1,3H3,(H,40,41). The first-order chi connectivity index (χ1) is 23.3. The summed E-state index contributed by atoms with van der Waals surface area (Å²) in [6, 6.07) is 21.7. The van der Waals surface area contributed by atoms with Gasteiger partial charge in [-0.25, -0.2) is 4.98 Å². The number of piperazine rings is 1. The van der Waals surface area contributed by atoms with Crippen LogP contribution in [0.15, 0.2) is 84.3 Å². The summed E-state index contributed by atoms with van der Waals surface area (Å²) in [6.07, 6.45) is 5.55. The first-order valence-electron chi connectivity index (χ1n) is 16.8. The van der Waals surface area contributed by atoms with E-state index in [0.717, 1.165) is 54.3 Å². The smallest absolute Gasteiger partial charge is 0.293 e. The SMILES string of the molecule is C=C(Nc1cccc(-c2cn(C)c(=O)c(Nc3ccc(C(=O)N4CCN(CCO)CC4)cc3)n2)c1C)c1ccc(N2CCCCC2)cc1. The number of carbonyl (C=O) groups excluding carboxylic acids is 1. The molecule has 1 amide bonds. The first-order valence-corrected chi connectivity index (χ1v) is 16.8. The van der Waals surface area contributed by atoms with E-state index >= 15 is 0 Å². The van der Waals surface area contributed by atoms with Gasteiger partial charge in [0, 0.05) is 92.9 Å². The van der Waals surface area contributed by atoms with Gasteiger partial charge < -0.3 is 30.1 Å². The molecule has 4 aromatic rings. The zero-order valence-electron chi connectivity index (χ0n) is 27.9. The van der Waals surface area contributed by atoms with Crippen LogP contribution in [0.3, 0.4) is 0 Å². The average Bonchev–Trinajstić information content (AvgIpc) is 3.12. The minimum absolute atomic E-state index is 0.0256. The molecule has 0 aliphatic carbocycles. The molecule has 2 aliphatic heterocycles. The average molecular weight is 648 g/mol. The molecule has 0 spiro atoms. The van der Waals surface area contributed by atoms with Crippen molar-refractivity contribution < 1.29 is 9.90 Å². The molecule has 0 unspecified atom stereocenters. The number of amides is 1. The van der Waals surface area contributed by atoms with Crippen LogP contribution in [0.4, 0.5) is 22.9 Å². The number of anilines is 4. The maximum absolute atomic E-state index is 13.1. The minimum Gasteiger partial charge on any atom is -0.395 e. The van der Waals surface area contributed by atoms with Crippen molar-refractivity contribution in [2.45, 2.75) is 26.2 Å². The number of carbonyl (C=O) groups is 1. The fourth-order valence-corrected chi connectivity index (χ4v) is 6.46. The molecule has 0 atom stereocenters. The Bertz CT molecular complexity index is 1800. The zero-order valence-corrected chi connectivity index (χ0v) is 27.9. The van der Waals surface area contributed by atoms with E-state index in [9.17, 15) is 14.7 Å². The van der Waals surface area contributed by atoms with Crippen LogP contribution in [0, 0.1) is 6.92 Å². The molecule has 10 heteroatoms. The fraction of sp³-hybridized carbons (Fsp3) is 0.342. The molecule has 1 aromatic heterocycles. The van der Waals surface area contributed by atoms with Gasteiger partial charge in [-0.2, -0.15) is 0 Å². The molecule has 2 fully saturated rings. The summed E-state index contributed by atoms with van der Waals surface area (Å²) < 4.78 is 1.53. The van der Waals surface area contributed by atoms with Gasteiger partial charge in [-0.3, -0.25) is 14.5 Å². The van der Waals surface area contributed by atoms with Crippen LogP contribution in [0.2, 0.25) is 0 Å². The lowest BCUT2D eigenvalue weighted by Gasteiger charge is -2.34. The molecular formula is C38H45N7O3. The summed E-state index contributed by atoms with van der Waals surface area (Å²) in [7, 11) is 1.72. The van der Waals surface area contributed by atoms with Crippen molar-refractivity contribution in [3.8, 4) is 11.3 Å². The van der Waals surface area contributed by atoms with Gasteiger partial charge >= 0.3 is 0 Å². The van der Waals surface area contributed by atoms with E-state index in [4.69, 9.17) is 4.98 Å². The van der Waals surface area contributed by atoms with Gasteiger partial charge in [0.25, 0.3) is 11.5 Å². The van der Waals surface area contributed by atoms with Crippen LogP contribution < -0.4 is 21.1 Å². The van der Waals surface area contributed by atoms with Gasteiger partial charge in [-0.15, -0.1) is 0 Å². The number of nitrogens with zero attached hydrogens (tertiary/aromatic N) is 5. The molecule has 3 heterocycles. The van der Waals surface area contributed by atoms with Crippen LogP contribution in [-0.2, 0) is 7.05 Å². The molecule has 3 aromatic carbocycles. The molecule has 10 nitrogen and oxygen atoms in total. The number of aromatic nitrogens is 2. The van der Waals surface area contributed by atoms with Gasteiger partial charge in [-0.05, 0) is 79.8 Å². The van der Waals surface area contributed by atoms with E-state index in [1.54, 1.807) is 37.5 Å². The molecule has 0 bridgehead atoms. The van der Waals surface area contributed by atoms with Crippen LogP contribution in [-0.4, -0.2) is 82.8 Å². The van der Waals surface area contributed by atoms with E-state index < -0.39 is 0 Å². The van der Waals surface area contributed by atoms with Gasteiger partial charge in [0.15, 0.2) is 5.82 Å². The zero-order chi connectivity index (χ0) is 33.6. The molecule has 48 heavy (non-hydrogen) atoms. The van der Waals surface area contributed by atoms with Gasteiger partial charge in [-0.1, -0.05) is 30.8 Å². The lowest BCUT2D eigenvalue weighted by Crippen LogP contribution is -2.49. The second-order valence-electron chi connectivity index (χ2n) is 12.6. The third-order valence-corrected chi connectivity index (χ3v) is 9.37. The molecule has 2 aliphatic rings. The Morgan fingerprint density at radius 3 is 2.27 bits per heavy atom. The highest BCUT2D eigenvalue weighted by Gasteiger charge is 2.22. The molecule has 250 valence electrons. The van der Waals surface area contributed by atoms with E-state index in [2.05, 4.69) is 51.3 Å². The summed E-state index contributed by atoms with van der Waals surface area (Å²) in [5, 5.41) is 15.8. The Balaban J connectivity index is 1.15. The summed E-state index contributed by atoms with van der Waals surface area (Å²) >= 11 is 0. The van der Waals surface area contributed by atoms with E-state index in [1.165, 1.54) is 29.5 Å². The van der Waals surface area contributed by atoms with Crippen LogP contribution in [0.25, 0.3) is 17.0 Å². The van der Waals surface area contributed by atoms with Crippen molar-refractivity contribution in [2.24, 2.45) is 7.05 Å². The lowest BCUT2D eigenvalue weighted by molar-refractivity contribution is 0.0615. The second-order valence-corrected chi connectivity index (χ2v) is 12.6. The molecule has 6 rings (SSSR count). The van der Waals surface area contributed by atoms with E-state index in [1.807, 2.05) is 30.0 Å². The largest absolute Gasteiger partial charge is 0.395 e. The van der Waals surface area contributed by atoms with Crippen molar-refractivity contribution in [3.05, 3.63) is 107 Å². The predicted octanol–water partition coefficient (Wildman–Crippen LogP) is 5.32. The lowest BCUT2D eigenvalue weighted by atomic mass is 10.0. The number of nitrogens with one attached hydrogen (secondary N) is 2. The monoisotopic (exact) mass is 647 g/mol. The topological polar surface area (TPSA) is 106 Å². The number of hydrogen-bond acceptors (Lipinski definition) is 8. The molecular weight excluding hydrogens is 602 g/mol. The van der Waals surface area contributed by atoms with Crippen LogP contribution in [0.5, 0.6) is 0 Å². The highest BCUT2D eigenvalue weighted by atomic mass is 16.3. The Kier molecular flexibility index (Phi) is 10.2. The highest BCUT2D eigenvalue weighted by molar-refractivity contribution is 5.94. The normalized spacial score (nSPS) is 15.3. The van der Waals surface area contributed by atoms with Crippen molar-refractivity contribution in [1.82, 2.24) is 19.4 Å². The quantitative estimate of drug-likeness (QED) is 0.213. The van der Waals surface area contributed by atoms with Crippen molar-refractivity contribution in [3.63, 3.8) is 0 Å². The highest BCUT2D eigenvalue weighted by Crippen LogP contribution is 2.30. The predicted molar refractivity (Wildman–Crippen MR) is 194 cm³/mol. The van der Waals surface area contributed by atoms with Crippen molar-refractivity contribution in [1.29, 1.82) is 0 Å². The van der Waals surface area contributed by atoms with Crippen molar-refractivity contribution in [2.75, 3.05) is 68.0 Å². The first kappa shape index (κ1) is 33.0. The maximum Gasteiger partial charge on any atom is 0.293 e. The van der Waals surface area contributed by atoms with Crippen molar-refractivity contribution >= 4 is 34.5 Å². The summed E-state index contributed by atoms with van der Waals surface area (Å²) in [6.45, 7) is 12.1. The van der Waals surface area contributed by atoms with Crippen LogP contribution in [0.1, 0.15) is 40.7 Å². The number of hydrogen-bond donors (Lipinski definition) is 3. The Labute approximate surface area is 282 Å². The Morgan fingerprint density at radius 2 is 1.58 bits per heavy atom. The molecule has 0 radical (unpaired) electrons. The number of β-amino-alcohol motifs (C(OH)–C–C–N with tert-alkyl or cyclic N) is 1. The van der Waals surface area contributed by atoms with Gasteiger partial charge in [0.2, 0.25) is 0 Å². The molecule has 3 N–H and O–H groups in total. The number of aliphatic hydroxyl groups excluding tert-OH is 1. The third kappa shape index (κ3) is 7.45. The second kappa shape index (κ2) is 14.9.